The van der Waals surface area contributed by atoms with Crippen LogP contribution in [0.15, 0.2) is 12.3 Å². The van der Waals surface area contributed by atoms with Gasteiger partial charge in [-0.2, -0.15) is 8.78 Å². The average Bonchev–Trinajstić information content (AvgIpc) is 2.08. The molecule has 1 rings (SSSR count). The molecule has 0 unspecified atom stereocenters. The van der Waals surface area contributed by atoms with Gasteiger partial charge in [0.25, 0.3) is 0 Å². The van der Waals surface area contributed by atoms with E-state index in [0.29, 0.717) is 0 Å². The molecule has 80 valence electrons. The lowest BCUT2D eigenvalue weighted by atomic mass is 10.3. The quantitative estimate of drug-likeness (QED) is 0.857. The molecule has 14 heavy (non-hydrogen) atoms. The van der Waals surface area contributed by atoms with Gasteiger partial charge >= 0.3 is 6.61 Å². The van der Waals surface area contributed by atoms with Gasteiger partial charge in [0.15, 0.2) is 11.6 Å². The predicted molar refractivity (Wildman–Crippen MR) is 46.0 cm³/mol. The maximum absolute atomic E-state index is 12.7. The molecule has 2 N–H and O–H groups in total. The van der Waals surface area contributed by atoms with Crippen molar-refractivity contribution in [2.45, 2.75) is 13.2 Å². The molecular formula is C7H8ClF3N2O. The smallest absolute Gasteiger partial charge is 0.387 e. The molecule has 0 saturated carbocycles. The van der Waals surface area contributed by atoms with Crippen LogP contribution in [-0.2, 0) is 6.54 Å². The summed E-state index contributed by atoms with van der Waals surface area (Å²) in [5.41, 5.74) is 5.46. The van der Waals surface area contributed by atoms with Gasteiger partial charge in [0.05, 0.1) is 11.9 Å². The van der Waals surface area contributed by atoms with Crippen molar-refractivity contribution >= 4 is 12.4 Å². The minimum atomic E-state index is -3.05. The number of nitrogens with zero attached hydrogens (tertiary/aromatic N) is 1. The number of rotatable bonds is 3. The molecule has 0 radical (unpaired) electrons. The first-order valence-electron chi connectivity index (χ1n) is 3.42. The van der Waals surface area contributed by atoms with Gasteiger partial charge in [-0.3, -0.25) is 4.98 Å². The molecular weight excluding hydrogens is 221 g/mol. The summed E-state index contributed by atoms with van der Waals surface area (Å²) in [7, 11) is 0. The van der Waals surface area contributed by atoms with E-state index in [4.69, 9.17) is 5.73 Å². The van der Waals surface area contributed by atoms with Gasteiger partial charge in [-0.1, -0.05) is 0 Å². The van der Waals surface area contributed by atoms with Crippen LogP contribution in [0.4, 0.5) is 13.2 Å². The van der Waals surface area contributed by atoms with Crippen LogP contribution in [0.1, 0.15) is 5.69 Å². The van der Waals surface area contributed by atoms with E-state index in [0.717, 1.165) is 12.3 Å². The fraction of sp³-hybridized carbons (Fsp3) is 0.286. The Balaban J connectivity index is 0.00000169. The lowest BCUT2D eigenvalue weighted by Gasteiger charge is -2.05. The number of aromatic nitrogens is 1. The molecule has 0 fully saturated rings. The van der Waals surface area contributed by atoms with Crippen LogP contribution < -0.4 is 10.5 Å². The molecule has 1 aromatic rings. The summed E-state index contributed by atoms with van der Waals surface area (Å²) in [5, 5.41) is 0. The summed E-state index contributed by atoms with van der Waals surface area (Å²) in [6.45, 7) is -3.01. The molecule has 0 aliphatic carbocycles. The minimum Gasteiger partial charge on any atom is -0.432 e. The first-order chi connectivity index (χ1) is 6.13. The Hall–Kier alpha value is -1.01. The van der Waals surface area contributed by atoms with E-state index in [1.165, 1.54) is 0 Å². The second kappa shape index (κ2) is 5.66. The largest absolute Gasteiger partial charge is 0.432 e. The van der Waals surface area contributed by atoms with Crippen molar-refractivity contribution in [1.29, 1.82) is 0 Å². The third kappa shape index (κ3) is 3.39. The lowest BCUT2D eigenvalue weighted by Crippen LogP contribution is -2.06. The van der Waals surface area contributed by atoms with Gasteiger partial charge < -0.3 is 10.5 Å². The highest BCUT2D eigenvalue weighted by Gasteiger charge is 2.10. The normalized spacial score (nSPS) is 9.79. The zero-order valence-electron chi connectivity index (χ0n) is 6.91. The topological polar surface area (TPSA) is 48.1 Å². The summed E-state index contributed by atoms with van der Waals surface area (Å²) in [4.78, 5) is 3.54. The highest BCUT2D eigenvalue weighted by atomic mass is 35.5. The third-order valence-electron chi connectivity index (χ3n) is 1.30. The summed E-state index contributed by atoms with van der Waals surface area (Å²) in [6.07, 6.45) is 0.792. The Bertz CT molecular complexity index is 298. The lowest BCUT2D eigenvalue weighted by molar-refractivity contribution is -0.0523. The van der Waals surface area contributed by atoms with Gasteiger partial charge in [-0.25, -0.2) is 4.39 Å². The van der Waals surface area contributed by atoms with E-state index in [9.17, 15) is 13.2 Å². The molecule has 0 bridgehead atoms. The van der Waals surface area contributed by atoms with Crippen molar-refractivity contribution in [3.63, 3.8) is 0 Å². The zero-order valence-corrected chi connectivity index (χ0v) is 7.73. The summed E-state index contributed by atoms with van der Waals surface area (Å²) in [5.74, 6) is -1.47. The highest BCUT2D eigenvalue weighted by Crippen LogP contribution is 2.18. The molecule has 1 heterocycles. The predicted octanol–water partition coefficient (Wildman–Crippen LogP) is 1.70. The van der Waals surface area contributed by atoms with Crippen molar-refractivity contribution < 1.29 is 17.9 Å². The van der Waals surface area contributed by atoms with Gasteiger partial charge in [0.1, 0.15) is 0 Å². The van der Waals surface area contributed by atoms with Crippen molar-refractivity contribution in [2.75, 3.05) is 0 Å². The molecule has 1 aromatic heterocycles. The van der Waals surface area contributed by atoms with Gasteiger partial charge in [0, 0.05) is 12.6 Å². The summed E-state index contributed by atoms with van der Waals surface area (Å²) >= 11 is 0. The molecule has 0 amide bonds. The Labute approximate surface area is 84.5 Å². The molecule has 3 nitrogen and oxygen atoms in total. The van der Waals surface area contributed by atoms with Crippen LogP contribution in [0.25, 0.3) is 0 Å². The van der Waals surface area contributed by atoms with E-state index in [1.54, 1.807) is 0 Å². The fourth-order valence-corrected chi connectivity index (χ4v) is 0.759. The second-order valence-electron chi connectivity index (χ2n) is 2.19. The summed E-state index contributed by atoms with van der Waals surface area (Å²) < 4.78 is 40.0. The van der Waals surface area contributed by atoms with E-state index < -0.39 is 18.2 Å². The molecule has 0 atom stereocenters. The Morgan fingerprint density at radius 2 is 2.14 bits per heavy atom. The zero-order chi connectivity index (χ0) is 9.84. The monoisotopic (exact) mass is 228 g/mol. The number of ether oxygens (including phenoxy) is 1. The number of nitrogens with two attached hydrogens (primary N) is 1. The molecule has 0 saturated heterocycles. The minimum absolute atomic E-state index is 0. The van der Waals surface area contributed by atoms with Crippen molar-refractivity contribution in [3.8, 4) is 5.75 Å². The third-order valence-corrected chi connectivity index (χ3v) is 1.30. The maximum Gasteiger partial charge on any atom is 0.387 e. The molecule has 0 aliphatic heterocycles. The molecule has 0 aliphatic rings. The van der Waals surface area contributed by atoms with Gasteiger partial charge in [-0.15, -0.1) is 12.4 Å². The van der Waals surface area contributed by atoms with Crippen LogP contribution >= 0.6 is 12.4 Å². The molecule has 0 spiro atoms. The molecule has 0 aromatic carbocycles. The fourth-order valence-electron chi connectivity index (χ4n) is 0.759. The Morgan fingerprint density at radius 1 is 1.50 bits per heavy atom. The first-order valence-corrected chi connectivity index (χ1v) is 3.42. The Morgan fingerprint density at radius 3 is 2.64 bits per heavy atom. The van der Waals surface area contributed by atoms with Crippen LogP contribution in [0.2, 0.25) is 0 Å². The van der Waals surface area contributed by atoms with E-state index in [2.05, 4.69) is 9.72 Å². The SMILES string of the molecule is Cl.NCc1cc(OC(F)F)c(F)cn1. The first kappa shape index (κ1) is 13.0. The van der Waals surface area contributed by atoms with E-state index in [1.807, 2.05) is 0 Å². The van der Waals surface area contributed by atoms with Crippen molar-refractivity contribution in [2.24, 2.45) is 5.73 Å². The Kier molecular flexibility index (Phi) is 5.26. The van der Waals surface area contributed by atoms with E-state index >= 15 is 0 Å². The number of pyridine rings is 1. The van der Waals surface area contributed by atoms with Crippen molar-refractivity contribution in [1.82, 2.24) is 4.98 Å². The maximum atomic E-state index is 12.7. The molecule has 7 heteroatoms. The number of halogens is 4. The number of hydrogen-bond acceptors (Lipinski definition) is 3. The van der Waals surface area contributed by atoms with Gasteiger partial charge in [0.2, 0.25) is 0 Å². The number of hydrogen-bond donors (Lipinski definition) is 1. The van der Waals surface area contributed by atoms with Crippen LogP contribution in [0.3, 0.4) is 0 Å². The van der Waals surface area contributed by atoms with Gasteiger partial charge in [-0.05, 0) is 0 Å². The van der Waals surface area contributed by atoms with E-state index in [-0.39, 0.29) is 24.6 Å². The standard InChI is InChI=1S/C7H7F3N2O.ClH/c8-5-3-12-4(2-11)1-6(5)13-7(9)10;/h1,3,7H,2,11H2;1H. The highest BCUT2D eigenvalue weighted by molar-refractivity contribution is 5.85. The van der Waals surface area contributed by atoms with Crippen LogP contribution in [0, 0.1) is 5.82 Å². The second-order valence-corrected chi connectivity index (χ2v) is 2.19. The average molecular weight is 229 g/mol. The summed E-state index contributed by atoms with van der Waals surface area (Å²) in [6, 6.07) is 1.04. The number of alkyl halides is 2. The van der Waals surface area contributed by atoms with Crippen LogP contribution in [0.5, 0.6) is 5.75 Å². The van der Waals surface area contributed by atoms with Crippen molar-refractivity contribution in [3.05, 3.63) is 23.8 Å². The van der Waals surface area contributed by atoms with Crippen LogP contribution in [-0.4, -0.2) is 11.6 Å².